The van der Waals surface area contributed by atoms with Crippen LogP contribution in [0.4, 0.5) is 5.69 Å². The number of anilines is 1. The van der Waals surface area contributed by atoms with Crippen LogP contribution in [0.5, 0.6) is 0 Å². The molecule has 3 aromatic rings. The van der Waals surface area contributed by atoms with Crippen LogP contribution in [0.25, 0.3) is 0 Å². The van der Waals surface area contributed by atoms with Gasteiger partial charge in [0.15, 0.2) is 0 Å². The van der Waals surface area contributed by atoms with Crippen molar-refractivity contribution < 1.29 is 18.0 Å². The van der Waals surface area contributed by atoms with E-state index >= 15 is 0 Å². The number of sulfonamides is 1. The molecule has 4 rings (SSSR count). The van der Waals surface area contributed by atoms with Gasteiger partial charge in [0, 0.05) is 28.2 Å². The first-order valence-corrected chi connectivity index (χ1v) is 15.9. The van der Waals surface area contributed by atoms with Crippen molar-refractivity contribution in [3.05, 3.63) is 93.5 Å². The van der Waals surface area contributed by atoms with Gasteiger partial charge in [-0.15, -0.1) is 0 Å². The fourth-order valence-electron chi connectivity index (χ4n) is 5.07. The van der Waals surface area contributed by atoms with Crippen molar-refractivity contribution in [1.29, 1.82) is 0 Å². The van der Waals surface area contributed by atoms with E-state index in [1.165, 1.54) is 17.0 Å². The molecule has 1 aliphatic rings. The largest absolute Gasteiger partial charge is 0.352 e. The van der Waals surface area contributed by atoms with E-state index in [0.717, 1.165) is 41.1 Å². The molecule has 1 saturated carbocycles. The molecule has 2 amide bonds. The monoisotopic (exact) mass is 615 g/mol. The maximum absolute atomic E-state index is 14.2. The summed E-state index contributed by atoms with van der Waals surface area (Å²) in [6.45, 7) is 4.75. The summed E-state index contributed by atoms with van der Waals surface area (Å²) in [5.74, 6) is -0.868. The van der Waals surface area contributed by atoms with Gasteiger partial charge in [0.25, 0.3) is 10.0 Å². The second-order valence-corrected chi connectivity index (χ2v) is 13.1. The zero-order valence-electron chi connectivity index (χ0n) is 23.4. The summed E-state index contributed by atoms with van der Waals surface area (Å²) in [6.07, 6.45) is 3.86. The van der Waals surface area contributed by atoms with E-state index in [9.17, 15) is 18.0 Å². The normalized spacial score (nSPS) is 14.5. The Hall–Kier alpha value is -3.07. The second kappa shape index (κ2) is 13.3. The Morgan fingerprint density at radius 1 is 0.927 bits per heavy atom. The minimum atomic E-state index is -4.14. The van der Waals surface area contributed by atoms with Crippen molar-refractivity contribution in [3.8, 4) is 0 Å². The molecule has 1 atom stereocenters. The Morgan fingerprint density at radius 3 is 2.17 bits per heavy atom. The van der Waals surface area contributed by atoms with Crippen LogP contribution in [0.1, 0.15) is 49.3 Å². The number of benzene rings is 3. The molecule has 0 aliphatic heterocycles. The van der Waals surface area contributed by atoms with Crippen LogP contribution in [0.2, 0.25) is 10.0 Å². The number of aryl methyl sites for hydroxylation is 1. The van der Waals surface area contributed by atoms with E-state index in [1.807, 2.05) is 19.9 Å². The molecule has 7 nitrogen and oxygen atoms in total. The third-order valence-electron chi connectivity index (χ3n) is 7.71. The number of amides is 2. The minimum Gasteiger partial charge on any atom is -0.352 e. The second-order valence-electron chi connectivity index (χ2n) is 10.4. The first-order chi connectivity index (χ1) is 19.5. The van der Waals surface area contributed by atoms with Crippen molar-refractivity contribution in [2.75, 3.05) is 10.8 Å². The van der Waals surface area contributed by atoms with E-state index in [-0.39, 0.29) is 23.4 Å². The SMILES string of the molecule is Cc1cccc(N(CC(=O)N(Cc2c(Cl)cccc2Cl)C(C)C(=O)NC2CCCC2)S(=O)(=O)c2ccccc2)c1C. The molecular weight excluding hydrogens is 581 g/mol. The highest BCUT2D eigenvalue weighted by molar-refractivity contribution is 7.92. The van der Waals surface area contributed by atoms with E-state index in [2.05, 4.69) is 5.32 Å². The van der Waals surface area contributed by atoms with Crippen molar-refractivity contribution in [3.63, 3.8) is 0 Å². The quantitative estimate of drug-likeness (QED) is 0.291. The molecule has 218 valence electrons. The molecule has 0 spiro atoms. The summed E-state index contributed by atoms with van der Waals surface area (Å²) in [5.41, 5.74) is 2.48. The topological polar surface area (TPSA) is 86.8 Å². The van der Waals surface area contributed by atoms with E-state index in [0.29, 0.717) is 21.3 Å². The highest BCUT2D eigenvalue weighted by Gasteiger charge is 2.34. The third-order valence-corrected chi connectivity index (χ3v) is 10.2. The third kappa shape index (κ3) is 7.05. The van der Waals surface area contributed by atoms with E-state index < -0.39 is 28.5 Å². The van der Waals surface area contributed by atoms with Crippen LogP contribution in [0, 0.1) is 13.8 Å². The Morgan fingerprint density at radius 2 is 1.54 bits per heavy atom. The number of rotatable bonds is 10. The molecule has 0 saturated heterocycles. The lowest BCUT2D eigenvalue weighted by Gasteiger charge is -2.33. The van der Waals surface area contributed by atoms with Crippen molar-refractivity contribution in [2.45, 2.75) is 70.0 Å². The van der Waals surface area contributed by atoms with Crippen molar-refractivity contribution in [2.24, 2.45) is 0 Å². The highest BCUT2D eigenvalue weighted by atomic mass is 35.5. The number of hydrogen-bond acceptors (Lipinski definition) is 4. The molecule has 0 heterocycles. The van der Waals surface area contributed by atoms with Crippen molar-refractivity contribution >= 4 is 50.7 Å². The molecule has 3 aromatic carbocycles. The molecule has 0 radical (unpaired) electrons. The number of hydrogen-bond donors (Lipinski definition) is 1. The maximum atomic E-state index is 14.2. The van der Waals surface area contributed by atoms with Gasteiger partial charge >= 0.3 is 0 Å². The van der Waals surface area contributed by atoms with Gasteiger partial charge in [0.2, 0.25) is 11.8 Å². The Balaban J connectivity index is 1.74. The fraction of sp³-hybridized carbons (Fsp3) is 0.355. The van der Waals surface area contributed by atoms with Gasteiger partial charge in [-0.05, 0) is 75.1 Å². The summed E-state index contributed by atoms with van der Waals surface area (Å²) in [7, 11) is -4.14. The number of carbonyl (C=O) groups is 2. The first kappa shape index (κ1) is 30.9. The lowest BCUT2D eigenvalue weighted by atomic mass is 10.1. The number of nitrogens with one attached hydrogen (secondary N) is 1. The lowest BCUT2D eigenvalue weighted by Crippen LogP contribution is -2.52. The molecule has 1 fully saturated rings. The molecule has 0 aromatic heterocycles. The summed E-state index contributed by atoms with van der Waals surface area (Å²) in [5, 5.41) is 3.75. The zero-order chi connectivity index (χ0) is 29.7. The molecule has 1 unspecified atom stereocenters. The summed E-state index contributed by atoms with van der Waals surface area (Å²) >= 11 is 12.9. The zero-order valence-corrected chi connectivity index (χ0v) is 25.8. The summed E-state index contributed by atoms with van der Waals surface area (Å²) in [4.78, 5) is 29.0. The lowest BCUT2D eigenvalue weighted by molar-refractivity contribution is -0.139. The van der Waals surface area contributed by atoms with Crippen LogP contribution in [0.15, 0.2) is 71.6 Å². The molecule has 0 bridgehead atoms. The predicted molar refractivity (Wildman–Crippen MR) is 164 cm³/mol. The predicted octanol–water partition coefficient (Wildman–Crippen LogP) is 6.28. The highest BCUT2D eigenvalue weighted by Crippen LogP contribution is 2.30. The van der Waals surface area contributed by atoms with Gasteiger partial charge in [0.05, 0.1) is 10.6 Å². The first-order valence-electron chi connectivity index (χ1n) is 13.7. The molecule has 41 heavy (non-hydrogen) atoms. The van der Waals surface area contributed by atoms with Crippen LogP contribution in [0.3, 0.4) is 0 Å². The minimum absolute atomic E-state index is 0.0516. The number of carbonyl (C=O) groups excluding carboxylic acids is 2. The standard InChI is InChI=1S/C31H35Cl2N3O4S/c1-21-11-9-18-29(22(21)2)36(41(39,40)25-14-5-4-6-15-25)20-30(37)35(19-26-27(32)16-10-17-28(26)33)23(3)31(38)34-24-12-7-8-13-24/h4-6,9-11,14-18,23-24H,7-8,12-13,19-20H2,1-3H3,(H,34,38). The number of nitrogens with zero attached hydrogens (tertiary/aromatic N) is 2. The van der Waals surface area contributed by atoms with Gasteiger partial charge in [-0.1, -0.05) is 72.4 Å². The average Bonchev–Trinajstić information content (AvgIpc) is 3.46. The maximum Gasteiger partial charge on any atom is 0.264 e. The van der Waals surface area contributed by atoms with E-state index in [4.69, 9.17) is 23.2 Å². The van der Waals surface area contributed by atoms with Crippen LogP contribution in [-0.4, -0.2) is 43.8 Å². The van der Waals surface area contributed by atoms with Gasteiger partial charge < -0.3 is 10.2 Å². The van der Waals surface area contributed by atoms with Crippen molar-refractivity contribution in [1.82, 2.24) is 10.2 Å². The average molecular weight is 617 g/mol. The fourth-order valence-corrected chi connectivity index (χ4v) is 7.08. The Labute approximate surface area is 252 Å². The molecule has 10 heteroatoms. The molecule has 1 N–H and O–H groups in total. The molecular formula is C31H35Cl2N3O4S. The van der Waals surface area contributed by atoms with Gasteiger partial charge in [0.1, 0.15) is 12.6 Å². The van der Waals surface area contributed by atoms with Gasteiger partial charge in [-0.2, -0.15) is 0 Å². The number of halogens is 2. The Kier molecular flexibility index (Phi) is 10.00. The van der Waals surface area contributed by atoms with Crippen LogP contribution in [-0.2, 0) is 26.2 Å². The summed E-state index contributed by atoms with van der Waals surface area (Å²) in [6, 6.07) is 17.5. The van der Waals surface area contributed by atoms with Gasteiger partial charge in [-0.25, -0.2) is 8.42 Å². The van der Waals surface area contributed by atoms with Crippen LogP contribution < -0.4 is 9.62 Å². The smallest absolute Gasteiger partial charge is 0.264 e. The van der Waals surface area contributed by atoms with Gasteiger partial charge in [-0.3, -0.25) is 13.9 Å². The Bertz CT molecular complexity index is 1490. The summed E-state index contributed by atoms with van der Waals surface area (Å²) < 4.78 is 29.1. The van der Waals surface area contributed by atoms with Crippen LogP contribution >= 0.6 is 23.2 Å². The van der Waals surface area contributed by atoms with E-state index in [1.54, 1.807) is 55.5 Å². The molecule has 1 aliphatic carbocycles.